The number of thiazole rings is 1. The zero-order valence-electron chi connectivity index (χ0n) is 22.9. The summed E-state index contributed by atoms with van der Waals surface area (Å²) in [5, 5.41) is 12.3. The van der Waals surface area contributed by atoms with Crippen LogP contribution in [0.5, 0.6) is 0 Å². The van der Waals surface area contributed by atoms with Crippen molar-refractivity contribution in [2.24, 2.45) is 17.8 Å². The molecule has 1 N–H and O–H groups in total. The van der Waals surface area contributed by atoms with Crippen molar-refractivity contribution in [3.05, 3.63) is 60.1 Å². The first kappa shape index (κ1) is 27.3. The van der Waals surface area contributed by atoms with Crippen LogP contribution in [0.15, 0.2) is 60.1 Å². The van der Waals surface area contributed by atoms with Gasteiger partial charge in [0.15, 0.2) is 5.13 Å². The molecule has 2 fully saturated rings. The van der Waals surface area contributed by atoms with E-state index in [1.807, 2.05) is 47.9 Å². The number of carbonyl (C=O) groups is 3. The second kappa shape index (κ2) is 11.9. The smallest absolute Gasteiger partial charge is 0.304 e. The van der Waals surface area contributed by atoms with Crippen molar-refractivity contribution in [3.63, 3.8) is 0 Å². The van der Waals surface area contributed by atoms with E-state index in [0.29, 0.717) is 36.4 Å². The molecule has 1 aromatic carbocycles. The van der Waals surface area contributed by atoms with Crippen molar-refractivity contribution in [1.82, 2.24) is 9.97 Å². The number of carbonyl (C=O) groups excluding carboxylic acids is 2. The van der Waals surface area contributed by atoms with Gasteiger partial charge in [0.1, 0.15) is 5.82 Å². The lowest BCUT2D eigenvalue weighted by molar-refractivity contribution is -0.142. The van der Waals surface area contributed by atoms with Crippen LogP contribution in [-0.4, -0.2) is 45.9 Å². The summed E-state index contributed by atoms with van der Waals surface area (Å²) in [5.74, 6) is -0.443. The van der Waals surface area contributed by atoms with Gasteiger partial charge < -0.3 is 5.11 Å². The Morgan fingerprint density at radius 3 is 2.51 bits per heavy atom. The van der Waals surface area contributed by atoms with E-state index in [0.717, 1.165) is 60.9 Å². The summed E-state index contributed by atoms with van der Waals surface area (Å²) >= 11 is 1.40. The third-order valence-corrected chi connectivity index (χ3v) is 9.56. The molecule has 9 heteroatoms. The molecule has 2 aromatic heterocycles. The Balaban J connectivity index is 1.28. The Kier molecular flexibility index (Phi) is 7.96. The number of amides is 2. The van der Waals surface area contributed by atoms with Gasteiger partial charge in [-0.3, -0.25) is 24.2 Å². The number of anilines is 2. The molecule has 0 unspecified atom stereocenters. The van der Waals surface area contributed by atoms with Crippen molar-refractivity contribution in [3.8, 4) is 22.4 Å². The normalized spacial score (nSPS) is 22.6. The molecule has 1 saturated heterocycles. The number of rotatable bonds is 7. The van der Waals surface area contributed by atoms with Gasteiger partial charge in [-0.2, -0.15) is 0 Å². The Labute approximate surface area is 243 Å². The van der Waals surface area contributed by atoms with Crippen LogP contribution in [0.1, 0.15) is 51.4 Å². The van der Waals surface area contributed by atoms with Gasteiger partial charge in [0, 0.05) is 42.2 Å². The Morgan fingerprint density at radius 1 is 1.00 bits per heavy atom. The second-order valence-electron chi connectivity index (χ2n) is 11.2. The molecule has 4 heterocycles. The predicted molar refractivity (Wildman–Crippen MR) is 160 cm³/mol. The first-order chi connectivity index (χ1) is 20.0. The number of aromatic nitrogens is 2. The minimum Gasteiger partial charge on any atom is -0.481 e. The maximum atomic E-state index is 14.0. The summed E-state index contributed by atoms with van der Waals surface area (Å²) in [6, 6.07) is 11.8. The van der Waals surface area contributed by atoms with Gasteiger partial charge in [0.25, 0.3) is 0 Å². The van der Waals surface area contributed by atoms with Gasteiger partial charge in [-0.15, -0.1) is 11.3 Å². The van der Waals surface area contributed by atoms with Gasteiger partial charge in [-0.05, 0) is 42.4 Å². The third kappa shape index (κ3) is 5.68. The van der Waals surface area contributed by atoms with Crippen LogP contribution in [0, 0.1) is 17.8 Å². The summed E-state index contributed by atoms with van der Waals surface area (Å²) in [4.78, 5) is 50.9. The monoisotopic (exact) mass is 570 g/mol. The number of hydrogen-bond acceptors (Lipinski definition) is 6. The van der Waals surface area contributed by atoms with Crippen molar-refractivity contribution >= 4 is 40.1 Å². The average molecular weight is 571 g/mol. The van der Waals surface area contributed by atoms with E-state index in [9.17, 15) is 19.5 Å². The van der Waals surface area contributed by atoms with Gasteiger partial charge in [0.2, 0.25) is 11.8 Å². The maximum absolute atomic E-state index is 14.0. The molecule has 2 aliphatic heterocycles. The third-order valence-electron chi connectivity index (χ3n) is 8.70. The molecule has 0 spiro atoms. The Bertz CT molecular complexity index is 1460. The van der Waals surface area contributed by atoms with Crippen LogP contribution in [0.2, 0.25) is 0 Å². The van der Waals surface area contributed by atoms with Crippen LogP contribution in [-0.2, 0) is 14.4 Å². The molecule has 3 aliphatic rings. The zero-order chi connectivity index (χ0) is 28.3. The largest absolute Gasteiger partial charge is 0.481 e. The fraction of sp³-hybridized carbons (Fsp3) is 0.406. The fourth-order valence-electron chi connectivity index (χ4n) is 6.64. The molecule has 1 aliphatic carbocycles. The Hall–Kier alpha value is -3.85. The van der Waals surface area contributed by atoms with E-state index < -0.39 is 11.9 Å². The quantitative estimate of drug-likeness (QED) is 0.340. The first-order valence-corrected chi connectivity index (χ1v) is 15.4. The summed E-state index contributed by atoms with van der Waals surface area (Å²) in [5.41, 5.74) is 3.54. The van der Waals surface area contributed by atoms with Gasteiger partial charge in [-0.25, -0.2) is 9.97 Å². The molecule has 8 nitrogen and oxygen atoms in total. The number of pyridine rings is 1. The number of aliphatic carboxylic acids is 1. The second-order valence-corrected chi connectivity index (χ2v) is 12.0. The van der Waals surface area contributed by atoms with E-state index in [1.165, 1.54) is 11.3 Å². The van der Waals surface area contributed by atoms with Crippen molar-refractivity contribution in [1.29, 1.82) is 0 Å². The van der Waals surface area contributed by atoms with E-state index in [1.54, 1.807) is 16.0 Å². The standard InChI is InChI=1S/C32H34N4O4S/c37-29-13-7-17-35(29)28-15-14-22(19-33-28)24-10-3-4-12-25(24)27-20-41-32(34-27)36-16-6-5-11-23(21-8-1-2-9-21)26(31(36)40)18-30(38)39/h3-6,10,12,14-15,19-21,23,26H,1-2,7-9,11,13,16-18H2,(H,38,39)/b6-5-/t23-,26+/m1/s1. The van der Waals surface area contributed by atoms with Crippen LogP contribution in [0.3, 0.4) is 0 Å². The number of carboxylic acids is 1. The van der Waals surface area contributed by atoms with Crippen LogP contribution < -0.4 is 9.80 Å². The number of benzene rings is 1. The van der Waals surface area contributed by atoms with E-state index in [-0.39, 0.29) is 24.2 Å². The van der Waals surface area contributed by atoms with Crippen LogP contribution in [0.4, 0.5) is 10.9 Å². The number of carboxylic acid groups (broad SMARTS) is 1. The summed E-state index contributed by atoms with van der Waals surface area (Å²) < 4.78 is 0. The van der Waals surface area contributed by atoms with Gasteiger partial charge >= 0.3 is 5.97 Å². The molecule has 0 radical (unpaired) electrons. The Morgan fingerprint density at radius 2 is 1.80 bits per heavy atom. The van der Waals surface area contributed by atoms with Crippen LogP contribution >= 0.6 is 11.3 Å². The highest BCUT2D eigenvalue weighted by molar-refractivity contribution is 7.14. The average Bonchev–Trinajstić information content (AvgIpc) is 3.76. The lowest BCUT2D eigenvalue weighted by Gasteiger charge is -2.34. The maximum Gasteiger partial charge on any atom is 0.304 e. The topological polar surface area (TPSA) is 104 Å². The van der Waals surface area contributed by atoms with E-state index in [4.69, 9.17) is 4.98 Å². The fourth-order valence-corrected chi connectivity index (χ4v) is 7.48. The van der Waals surface area contributed by atoms with Crippen molar-refractivity contribution in [2.75, 3.05) is 22.9 Å². The van der Waals surface area contributed by atoms with Gasteiger partial charge in [0.05, 0.1) is 18.0 Å². The highest BCUT2D eigenvalue weighted by Gasteiger charge is 2.39. The minimum atomic E-state index is -0.932. The summed E-state index contributed by atoms with van der Waals surface area (Å²) in [6.45, 7) is 1.07. The highest BCUT2D eigenvalue weighted by atomic mass is 32.1. The minimum absolute atomic E-state index is 0.0339. The number of allylic oxidation sites excluding steroid dienone is 1. The number of nitrogens with zero attached hydrogens (tertiary/aromatic N) is 4. The lowest BCUT2D eigenvalue weighted by atomic mass is 9.75. The summed E-state index contributed by atoms with van der Waals surface area (Å²) in [6.07, 6.45) is 12.3. The predicted octanol–water partition coefficient (Wildman–Crippen LogP) is 6.19. The molecule has 2 atom stereocenters. The molecule has 41 heavy (non-hydrogen) atoms. The summed E-state index contributed by atoms with van der Waals surface area (Å²) in [7, 11) is 0. The lowest BCUT2D eigenvalue weighted by Crippen LogP contribution is -2.43. The van der Waals surface area contributed by atoms with E-state index in [2.05, 4.69) is 11.1 Å². The van der Waals surface area contributed by atoms with Crippen LogP contribution in [0.25, 0.3) is 22.4 Å². The molecular weight excluding hydrogens is 536 g/mol. The molecule has 3 aromatic rings. The zero-order valence-corrected chi connectivity index (χ0v) is 23.8. The van der Waals surface area contributed by atoms with Gasteiger partial charge in [-0.1, -0.05) is 62.1 Å². The molecule has 2 amide bonds. The SMILES string of the molecule is O=C(O)C[C@@H]1C(=O)N(c2nc(-c3ccccc3-c3ccc(N4CCCC4=O)nc3)cs2)C/C=C\C[C@@H]1C1CCCC1. The molecule has 6 rings (SSSR count). The van der Waals surface area contributed by atoms with E-state index >= 15 is 0 Å². The molecule has 1 saturated carbocycles. The first-order valence-electron chi connectivity index (χ1n) is 14.5. The number of hydrogen-bond donors (Lipinski definition) is 1. The van der Waals surface area contributed by atoms with Crippen molar-refractivity contribution in [2.45, 2.75) is 51.4 Å². The molecule has 212 valence electrons. The van der Waals surface area contributed by atoms with Crippen molar-refractivity contribution < 1.29 is 19.5 Å². The molecular formula is C32H34N4O4S. The highest BCUT2D eigenvalue weighted by Crippen LogP contribution is 2.41. The molecule has 0 bridgehead atoms.